The minimum absolute atomic E-state index is 0.432. The van der Waals surface area contributed by atoms with Gasteiger partial charge in [-0.15, -0.1) is 0 Å². The SMILES string of the molecule is CNC(CCc1cc(C)cc(C)c1)c1ccccc1. The Hall–Kier alpha value is -1.60. The fourth-order valence-electron chi connectivity index (χ4n) is 2.69. The Morgan fingerprint density at radius 2 is 1.58 bits per heavy atom. The molecule has 2 aromatic rings. The van der Waals surface area contributed by atoms with Crippen molar-refractivity contribution in [1.29, 1.82) is 0 Å². The zero-order chi connectivity index (χ0) is 13.7. The van der Waals surface area contributed by atoms with Crippen LogP contribution in [0.25, 0.3) is 0 Å². The van der Waals surface area contributed by atoms with Gasteiger partial charge in [-0.05, 0) is 44.9 Å². The van der Waals surface area contributed by atoms with E-state index in [1.807, 2.05) is 7.05 Å². The Morgan fingerprint density at radius 1 is 0.947 bits per heavy atom. The largest absolute Gasteiger partial charge is 0.313 e. The minimum atomic E-state index is 0.432. The molecule has 1 heteroatoms. The highest BCUT2D eigenvalue weighted by Gasteiger charge is 2.08. The third-order valence-corrected chi connectivity index (χ3v) is 3.55. The van der Waals surface area contributed by atoms with Crippen molar-refractivity contribution in [1.82, 2.24) is 5.32 Å². The first-order chi connectivity index (χ1) is 9.19. The summed E-state index contributed by atoms with van der Waals surface area (Å²) in [7, 11) is 2.04. The summed E-state index contributed by atoms with van der Waals surface area (Å²) in [6.45, 7) is 4.34. The lowest BCUT2D eigenvalue weighted by Crippen LogP contribution is -2.17. The van der Waals surface area contributed by atoms with E-state index in [1.54, 1.807) is 0 Å². The molecule has 1 N–H and O–H groups in total. The van der Waals surface area contributed by atoms with E-state index in [0.29, 0.717) is 6.04 Å². The molecule has 2 rings (SSSR count). The molecule has 0 aliphatic carbocycles. The molecule has 0 radical (unpaired) electrons. The Balaban J connectivity index is 2.04. The van der Waals surface area contributed by atoms with Crippen molar-refractivity contribution in [2.75, 3.05) is 7.05 Å². The second-order valence-corrected chi connectivity index (χ2v) is 5.29. The van der Waals surface area contributed by atoms with Gasteiger partial charge < -0.3 is 5.32 Å². The van der Waals surface area contributed by atoms with Gasteiger partial charge >= 0.3 is 0 Å². The van der Waals surface area contributed by atoms with Crippen LogP contribution in [0.15, 0.2) is 48.5 Å². The smallest absolute Gasteiger partial charge is 0.0320 e. The van der Waals surface area contributed by atoms with Gasteiger partial charge in [-0.3, -0.25) is 0 Å². The molecule has 0 fully saturated rings. The molecular weight excluding hydrogens is 230 g/mol. The third kappa shape index (κ3) is 3.93. The average Bonchev–Trinajstić information content (AvgIpc) is 2.39. The first kappa shape index (κ1) is 13.8. The molecule has 0 aliphatic rings. The third-order valence-electron chi connectivity index (χ3n) is 3.55. The first-order valence-corrected chi connectivity index (χ1v) is 6.98. The summed E-state index contributed by atoms with van der Waals surface area (Å²) < 4.78 is 0. The topological polar surface area (TPSA) is 12.0 Å². The van der Waals surface area contributed by atoms with E-state index >= 15 is 0 Å². The van der Waals surface area contributed by atoms with E-state index in [0.717, 1.165) is 12.8 Å². The molecule has 1 atom stereocenters. The van der Waals surface area contributed by atoms with Gasteiger partial charge in [0.05, 0.1) is 0 Å². The molecule has 0 aromatic heterocycles. The van der Waals surface area contributed by atoms with E-state index in [1.165, 1.54) is 22.3 Å². The van der Waals surface area contributed by atoms with Crippen LogP contribution in [0.2, 0.25) is 0 Å². The van der Waals surface area contributed by atoms with Gasteiger partial charge in [-0.1, -0.05) is 59.7 Å². The van der Waals surface area contributed by atoms with E-state index in [9.17, 15) is 0 Å². The number of nitrogens with one attached hydrogen (secondary N) is 1. The van der Waals surface area contributed by atoms with Crippen LogP contribution in [0.5, 0.6) is 0 Å². The van der Waals surface area contributed by atoms with Gasteiger partial charge in [-0.2, -0.15) is 0 Å². The first-order valence-electron chi connectivity index (χ1n) is 6.98. The van der Waals surface area contributed by atoms with Gasteiger partial charge in [0.25, 0.3) is 0 Å². The number of aryl methyl sites for hydroxylation is 3. The van der Waals surface area contributed by atoms with Gasteiger partial charge in [0.15, 0.2) is 0 Å². The van der Waals surface area contributed by atoms with Crippen molar-refractivity contribution in [2.24, 2.45) is 0 Å². The van der Waals surface area contributed by atoms with Crippen molar-refractivity contribution in [3.8, 4) is 0 Å². The van der Waals surface area contributed by atoms with Crippen molar-refractivity contribution in [3.63, 3.8) is 0 Å². The van der Waals surface area contributed by atoms with Gasteiger partial charge in [0.1, 0.15) is 0 Å². The summed E-state index contributed by atoms with van der Waals surface area (Å²) in [6.07, 6.45) is 2.24. The molecule has 0 heterocycles. The Bertz CT molecular complexity index is 496. The second-order valence-electron chi connectivity index (χ2n) is 5.29. The van der Waals surface area contributed by atoms with Crippen LogP contribution in [0.3, 0.4) is 0 Å². The van der Waals surface area contributed by atoms with Crippen LogP contribution in [0.4, 0.5) is 0 Å². The highest BCUT2D eigenvalue weighted by molar-refractivity contribution is 5.29. The zero-order valence-electron chi connectivity index (χ0n) is 12.1. The van der Waals surface area contributed by atoms with E-state index in [-0.39, 0.29) is 0 Å². The highest BCUT2D eigenvalue weighted by Crippen LogP contribution is 2.19. The molecule has 100 valence electrons. The molecular formula is C18H23N. The molecule has 0 saturated heterocycles. The fourth-order valence-corrected chi connectivity index (χ4v) is 2.69. The van der Waals surface area contributed by atoms with Crippen LogP contribution < -0.4 is 5.32 Å². The predicted octanol–water partition coefficient (Wildman–Crippen LogP) is 4.20. The summed E-state index contributed by atoms with van der Waals surface area (Å²) in [4.78, 5) is 0. The van der Waals surface area contributed by atoms with E-state index in [2.05, 4.69) is 67.7 Å². The average molecular weight is 253 g/mol. The fraction of sp³-hybridized carbons (Fsp3) is 0.333. The van der Waals surface area contributed by atoms with Crippen molar-refractivity contribution in [2.45, 2.75) is 32.7 Å². The summed E-state index contributed by atoms with van der Waals surface area (Å²) in [5.74, 6) is 0. The summed E-state index contributed by atoms with van der Waals surface area (Å²) in [5, 5.41) is 3.42. The molecule has 0 amide bonds. The minimum Gasteiger partial charge on any atom is -0.313 e. The number of benzene rings is 2. The van der Waals surface area contributed by atoms with Crippen LogP contribution >= 0.6 is 0 Å². The quantitative estimate of drug-likeness (QED) is 0.842. The Kier molecular flexibility index (Phi) is 4.75. The molecule has 1 nitrogen and oxygen atoms in total. The Labute approximate surface area is 116 Å². The maximum atomic E-state index is 3.42. The molecule has 0 spiro atoms. The summed E-state index contributed by atoms with van der Waals surface area (Å²) >= 11 is 0. The highest BCUT2D eigenvalue weighted by atomic mass is 14.9. The molecule has 0 saturated carbocycles. The second kappa shape index (κ2) is 6.53. The molecule has 1 unspecified atom stereocenters. The number of hydrogen-bond acceptors (Lipinski definition) is 1. The van der Waals surface area contributed by atoms with Crippen molar-refractivity contribution in [3.05, 3.63) is 70.8 Å². The van der Waals surface area contributed by atoms with Crippen LogP contribution in [-0.2, 0) is 6.42 Å². The molecule has 0 aliphatic heterocycles. The summed E-state index contributed by atoms with van der Waals surface area (Å²) in [6, 6.07) is 17.9. The normalized spacial score (nSPS) is 12.4. The molecule has 2 aromatic carbocycles. The predicted molar refractivity (Wildman–Crippen MR) is 82.5 cm³/mol. The van der Waals surface area contributed by atoms with Gasteiger partial charge in [0.2, 0.25) is 0 Å². The van der Waals surface area contributed by atoms with Gasteiger partial charge in [0, 0.05) is 6.04 Å². The lowest BCUT2D eigenvalue weighted by atomic mass is 9.97. The van der Waals surface area contributed by atoms with Crippen molar-refractivity contribution < 1.29 is 0 Å². The van der Waals surface area contributed by atoms with Gasteiger partial charge in [-0.25, -0.2) is 0 Å². The lowest BCUT2D eigenvalue weighted by Gasteiger charge is -2.17. The summed E-state index contributed by atoms with van der Waals surface area (Å²) in [5.41, 5.74) is 5.52. The maximum absolute atomic E-state index is 3.42. The monoisotopic (exact) mass is 253 g/mol. The number of rotatable bonds is 5. The molecule has 19 heavy (non-hydrogen) atoms. The van der Waals surface area contributed by atoms with Crippen LogP contribution in [0.1, 0.15) is 34.7 Å². The standard InChI is InChI=1S/C18H23N/c1-14-11-15(2)13-16(12-14)9-10-18(19-3)17-7-5-4-6-8-17/h4-8,11-13,18-19H,9-10H2,1-3H3. The number of hydrogen-bond donors (Lipinski definition) is 1. The molecule has 0 bridgehead atoms. The lowest BCUT2D eigenvalue weighted by molar-refractivity contribution is 0.549. The zero-order valence-corrected chi connectivity index (χ0v) is 12.1. The maximum Gasteiger partial charge on any atom is 0.0320 e. The van der Waals surface area contributed by atoms with E-state index in [4.69, 9.17) is 0 Å². The van der Waals surface area contributed by atoms with Crippen LogP contribution in [0, 0.1) is 13.8 Å². The van der Waals surface area contributed by atoms with Crippen molar-refractivity contribution >= 4 is 0 Å². The Morgan fingerprint density at radius 3 is 2.16 bits per heavy atom. The van der Waals surface area contributed by atoms with E-state index < -0.39 is 0 Å². The van der Waals surface area contributed by atoms with Crippen LogP contribution in [-0.4, -0.2) is 7.05 Å².